The molecule has 9 heteroatoms. The summed E-state index contributed by atoms with van der Waals surface area (Å²) in [6.45, 7) is 2.77. The van der Waals surface area contributed by atoms with Gasteiger partial charge in [0.25, 0.3) is 0 Å². The van der Waals surface area contributed by atoms with E-state index < -0.39 is 41.2 Å². The van der Waals surface area contributed by atoms with Crippen LogP contribution in [0.5, 0.6) is 0 Å². The molecule has 2 N–H and O–H groups in total. The molecule has 230 valence electrons. The number of piperidine rings is 1. The number of hydrogen-bond donors (Lipinski definition) is 1. The van der Waals surface area contributed by atoms with E-state index in [2.05, 4.69) is 17.0 Å². The molecular formula is C34H36F6N2O. The summed E-state index contributed by atoms with van der Waals surface area (Å²) in [5.41, 5.74) is 2.76. The van der Waals surface area contributed by atoms with Crippen LogP contribution in [0.2, 0.25) is 0 Å². The number of primary amides is 1. The molecule has 5 rings (SSSR count). The molecule has 0 unspecified atom stereocenters. The van der Waals surface area contributed by atoms with Crippen molar-refractivity contribution >= 4 is 5.91 Å². The predicted octanol–water partition coefficient (Wildman–Crippen LogP) is 8.14. The third-order valence-corrected chi connectivity index (χ3v) is 9.45. The molecule has 1 amide bonds. The van der Waals surface area contributed by atoms with Crippen molar-refractivity contribution in [2.75, 3.05) is 13.1 Å². The van der Waals surface area contributed by atoms with Gasteiger partial charge in [0, 0.05) is 12.0 Å². The van der Waals surface area contributed by atoms with Gasteiger partial charge in [-0.05, 0) is 97.8 Å². The van der Waals surface area contributed by atoms with E-state index in [9.17, 15) is 31.1 Å². The van der Waals surface area contributed by atoms with Gasteiger partial charge >= 0.3 is 12.4 Å². The second kappa shape index (κ2) is 12.3. The molecule has 0 radical (unpaired) electrons. The quantitative estimate of drug-likeness (QED) is 0.278. The highest BCUT2D eigenvalue weighted by atomic mass is 19.4. The number of alkyl halides is 6. The van der Waals surface area contributed by atoms with Gasteiger partial charge < -0.3 is 5.73 Å². The molecule has 3 aromatic rings. The average Bonchev–Trinajstić information content (AvgIpc) is 2.97. The molecule has 0 bridgehead atoms. The molecule has 1 aliphatic carbocycles. The first-order chi connectivity index (χ1) is 20.4. The first kappa shape index (κ1) is 31.1. The normalized spacial score (nSPS) is 22.4. The van der Waals surface area contributed by atoms with Crippen LogP contribution in [0.4, 0.5) is 26.3 Å². The van der Waals surface area contributed by atoms with Crippen molar-refractivity contribution in [1.82, 2.24) is 4.90 Å². The highest BCUT2D eigenvalue weighted by Gasteiger charge is 2.48. The van der Waals surface area contributed by atoms with Gasteiger partial charge in [-0.25, -0.2) is 0 Å². The second-order valence-electron chi connectivity index (χ2n) is 12.1. The number of carbonyl (C=O) groups is 1. The molecule has 2 aliphatic rings. The molecule has 1 heterocycles. The molecule has 1 saturated heterocycles. The number of likely N-dealkylation sites (tertiary alicyclic amines) is 1. The van der Waals surface area contributed by atoms with E-state index in [4.69, 9.17) is 5.73 Å². The summed E-state index contributed by atoms with van der Waals surface area (Å²) in [4.78, 5) is 14.5. The number of hydrogen-bond acceptors (Lipinski definition) is 2. The largest absolute Gasteiger partial charge is 0.416 e. The number of halogens is 6. The Labute approximate surface area is 248 Å². The van der Waals surface area contributed by atoms with Crippen LogP contribution in [0, 0.1) is 11.8 Å². The summed E-state index contributed by atoms with van der Waals surface area (Å²) in [7, 11) is 0. The van der Waals surface area contributed by atoms with Crippen LogP contribution in [0.25, 0.3) is 0 Å². The maximum absolute atomic E-state index is 14.6. The fourth-order valence-electron chi connectivity index (χ4n) is 7.45. The Balaban J connectivity index is 1.47. The Bertz CT molecular complexity index is 1390. The van der Waals surface area contributed by atoms with Crippen LogP contribution < -0.4 is 5.73 Å². The van der Waals surface area contributed by atoms with E-state index in [1.54, 1.807) is 30.3 Å². The van der Waals surface area contributed by atoms with Crippen molar-refractivity contribution in [3.8, 4) is 0 Å². The monoisotopic (exact) mass is 602 g/mol. The molecule has 3 nitrogen and oxygen atoms in total. The zero-order valence-electron chi connectivity index (χ0n) is 23.9. The summed E-state index contributed by atoms with van der Waals surface area (Å²) in [5, 5.41) is 0. The first-order valence-corrected chi connectivity index (χ1v) is 14.8. The molecule has 0 spiro atoms. The van der Waals surface area contributed by atoms with Gasteiger partial charge in [0.15, 0.2) is 0 Å². The lowest BCUT2D eigenvalue weighted by Gasteiger charge is -2.46. The zero-order chi connectivity index (χ0) is 30.8. The van der Waals surface area contributed by atoms with Crippen LogP contribution in [0.1, 0.15) is 71.9 Å². The fourth-order valence-corrected chi connectivity index (χ4v) is 7.45. The Kier molecular flexibility index (Phi) is 8.93. The van der Waals surface area contributed by atoms with Gasteiger partial charge in [-0.3, -0.25) is 9.69 Å². The van der Waals surface area contributed by atoms with Crippen LogP contribution in [-0.2, 0) is 35.5 Å². The molecule has 1 saturated carbocycles. The molecular weight excluding hydrogens is 566 g/mol. The molecule has 1 aliphatic heterocycles. The Morgan fingerprint density at radius 2 is 1.35 bits per heavy atom. The summed E-state index contributed by atoms with van der Waals surface area (Å²) < 4.78 is 85.3. The molecule has 43 heavy (non-hydrogen) atoms. The average molecular weight is 603 g/mol. The van der Waals surface area contributed by atoms with Crippen molar-refractivity contribution < 1.29 is 31.1 Å². The summed E-state index contributed by atoms with van der Waals surface area (Å²) in [6, 6.07) is 19.9. The number of benzene rings is 3. The van der Waals surface area contributed by atoms with Crippen molar-refractivity contribution in [1.29, 1.82) is 0 Å². The second-order valence-corrected chi connectivity index (χ2v) is 12.1. The smallest absolute Gasteiger partial charge is 0.369 e. The van der Waals surface area contributed by atoms with Gasteiger partial charge in [-0.1, -0.05) is 60.7 Å². The van der Waals surface area contributed by atoms with Crippen molar-refractivity contribution in [2.45, 2.75) is 69.3 Å². The highest BCUT2D eigenvalue weighted by Crippen LogP contribution is 2.54. The van der Waals surface area contributed by atoms with Gasteiger partial charge in [-0.15, -0.1) is 0 Å². The summed E-state index contributed by atoms with van der Waals surface area (Å²) in [6.07, 6.45) is -6.82. The molecule has 0 aromatic heterocycles. The van der Waals surface area contributed by atoms with Crippen LogP contribution in [0.3, 0.4) is 0 Å². The third kappa shape index (κ3) is 6.92. The zero-order valence-corrected chi connectivity index (χ0v) is 23.9. The molecule has 2 fully saturated rings. The maximum atomic E-state index is 14.6. The van der Waals surface area contributed by atoms with Crippen molar-refractivity contribution in [3.63, 3.8) is 0 Å². The number of amides is 1. The Morgan fingerprint density at radius 3 is 1.88 bits per heavy atom. The van der Waals surface area contributed by atoms with E-state index in [1.165, 1.54) is 5.56 Å². The lowest BCUT2D eigenvalue weighted by Crippen LogP contribution is -2.41. The Morgan fingerprint density at radius 1 is 0.791 bits per heavy atom. The number of rotatable bonds is 7. The van der Waals surface area contributed by atoms with Crippen LogP contribution >= 0.6 is 0 Å². The van der Waals surface area contributed by atoms with E-state index >= 15 is 0 Å². The number of carbonyl (C=O) groups excluding carboxylic acids is 1. The van der Waals surface area contributed by atoms with E-state index in [1.807, 2.05) is 18.2 Å². The van der Waals surface area contributed by atoms with Gasteiger partial charge in [0.1, 0.15) is 0 Å². The number of nitrogens with two attached hydrogens (primary N) is 1. The van der Waals surface area contributed by atoms with Gasteiger partial charge in [0.05, 0.1) is 17.5 Å². The van der Waals surface area contributed by atoms with Crippen LogP contribution in [0.15, 0.2) is 72.8 Å². The fraction of sp³-hybridized carbons (Fsp3) is 0.441. The van der Waals surface area contributed by atoms with E-state index in [-0.39, 0.29) is 17.2 Å². The van der Waals surface area contributed by atoms with Crippen molar-refractivity contribution in [2.24, 2.45) is 17.6 Å². The third-order valence-electron chi connectivity index (χ3n) is 9.45. The summed E-state index contributed by atoms with van der Waals surface area (Å²) >= 11 is 0. The first-order valence-electron chi connectivity index (χ1n) is 14.8. The van der Waals surface area contributed by atoms with Gasteiger partial charge in [-0.2, -0.15) is 26.3 Å². The lowest BCUT2D eigenvalue weighted by atomic mass is 9.59. The van der Waals surface area contributed by atoms with Gasteiger partial charge in [0.2, 0.25) is 5.91 Å². The van der Waals surface area contributed by atoms with Crippen molar-refractivity contribution in [3.05, 3.63) is 106 Å². The lowest BCUT2D eigenvalue weighted by molar-refractivity contribution is -0.144. The number of nitrogens with zero attached hydrogens (tertiary/aromatic N) is 1. The minimum atomic E-state index is -5.06. The maximum Gasteiger partial charge on any atom is 0.416 e. The minimum Gasteiger partial charge on any atom is -0.369 e. The highest BCUT2D eigenvalue weighted by molar-refractivity contribution is 5.78. The van der Waals surface area contributed by atoms with E-state index in [0.717, 1.165) is 32.5 Å². The SMILES string of the molecule is NC(=O)Cc1cc(C(F)(F)F)cc(C(F)(F)F)c1C1(c2ccccc2)CCC(C2CCN(Cc3ccccc3)CC2)CC1. The summed E-state index contributed by atoms with van der Waals surface area (Å²) in [5.74, 6) is -0.243. The topological polar surface area (TPSA) is 46.3 Å². The standard InChI is InChI=1S/C34H36F6N2O/c35-33(36,37)28-19-26(20-30(41)43)31(29(21-28)34(38,39)40)32(27-9-5-2-6-10-27)15-11-24(12-16-32)25-13-17-42(18-14-25)22-23-7-3-1-4-8-23/h1-10,19,21,24-25H,11-18,20,22H2,(H2,41,43). The van der Waals surface area contributed by atoms with Crippen LogP contribution in [-0.4, -0.2) is 23.9 Å². The van der Waals surface area contributed by atoms with E-state index in [0.29, 0.717) is 49.1 Å². The minimum absolute atomic E-state index is 0.207. The molecule has 3 aromatic carbocycles. The predicted molar refractivity (Wildman–Crippen MR) is 153 cm³/mol. The Hall–Kier alpha value is -3.33. The molecule has 0 atom stereocenters.